The van der Waals surface area contributed by atoms with Gasteiger partial charge in [-0.2, -0.15) is 0 Å². The summed E-state index contributed by atoms with van der Waals surface area (Å²) in [6.45, 7) is 8.30. The average molecular weight is 308 g/mol. The quantitative estimate of drug-likeness (QED) is 0.947. The molecule has 0 bridgehead atoms. The molecule has 0 spiro atoms. The maximum Gasteiger partial charge on any atom is 0.151 e. The lowest BCUT2D eigenvalue weighted by Crippen LogP contribution is -2.49. The van der Waals surface area contributed by atoms with Crippen LogP contribution in [-0.2, 0) is 6.54 Å². The number of hydrogen-bond donors (Lipinski definition) is 1. The van der Waals surface area contributed by atoms with Crippen LogP contribution in [0.2, 0.25) is 0 Å². The molecule has 1 saturated heterocycles. The van der Waals surface area contributed by atoms with Gasteiger partial charge in [-0.05, 0) is 13.8 Å². The van der Waals surface area contributed by atoms with Gasteiger partial charge in [0.05, 0.1) is 6.54 Å². The lowest BCUT2D eigenvalue weighted by Gasteiger charge is -2.32. The summed E-state index contributed by atoms with van der Waals surface area (Å²) in [5.74, 6) is 0.939. The van der Waals surface area contributed by atoms with Crippen LogP contribution in [0.15, 0.2) is 34.9 Å². The molecular formula is C16H22ClN3O. The fourth-order valence-corrected chi connectivity index (χ4v) is 2.57. The Kier molecular flexibility index (Phi) is 5.39. The lowest BCUT2D eigenvalue weighted by molar-refractivity contribution is 0.149. The van der Waals surface area contributed by atoms with Crippen LogP contribution in [0.4, 0.5) is 0 Å². The molecule has 1 aromatic carbocycles. The molecule has 1 fully saturated rings. The number of aromatic nitrogens is 1. The highest BCUT2D eigenvalue weighted by molar-refractivity contribution is 5.85. The third-order valence-corrected chi connectivity index (χ3v) is 3.90. The molecule has 2 aromatic rings. The van der Waals surface area contributed by atoms with Crippen molar-refractivity contribution in [3.8, 4) is 11.3 Å². The standard InChI is InChI=1S/C16H21N3O.ClH/c1-12-3-5-14(6-4-12)16-9-15(20-18-16)11-19-8-7-17-10-13(19)2;/h3-6,9,13,17H,7-8,10-11H2,1-2H3;1H. The van der Waals surface area contributed by atoms with Gasteiger partial charge in [0.15, 0.2) is 5.76 Å². The number of piperazine rings is 1. The Morgan fingerprint density at radius 2 is 2.10 bits per heavy atom. The van der Waals surface area contributed by atoms with Crippen molar-refractivity contribution in [1.29, 1.82) is 0 Å². The van der Waals surface area contributed by atoms with E-state index in [-0.39, 0.29) is 12.4 Å². The van der Waals surface area contributed by atoms with Gasteiger partial charge in [-0.15, -0.1) is 12.4 Å². The molecule has 4 nitrogen and oxygen atoms in total. The predicted octanol–water partition coefficient (Wildman–Crippen LogP) is 2.87. The van der Waals surface area contributed by atoms with Gasteiger partial charge < -0.3 is 9.84 Å². The van der Waals surface area contributed by atoms with Crippen molar-refractivity contribution in [2.24, 2.45) is 0 Å². The first kappa shape index (κ1) is 16.0. The van der Waals surface area contributed by atoms with Gasteiger partial charge in [-0.25, -0.2) is 0 Å². The van der Waals surface area contributed by atoms with Crippen LogP contribution in [-0.4, -0.2) is 35.7 Å². The van der Waals surface area contributed by atoms with Crippen molar-refractivity contribution in [3.05, 3.63) is 41.7 Å². The van der Waals surface area contributed by atoms with E-state index >= 15 is 0 Å². The van der Waals surface area contributed by atoms with Crippen LogP contribution in [0, 0.1) is 6.92 Å². The largest absolute Gasteiger partial charge is 0.359 e. The zero-order chi connectivity index (χ0) is 13.9. The molecule has 21 heavy (non-hydrogen) atoms. The van der Waals surface area contributed by atoms with Gasteiger partial charge in [-0.1, -0.05) is 35.0 Å². The number of hydrogen-bond acceptors (Lipinski definition) is 4. The van der Waals surface area contributed by atoms with Crippen molar-refractivity contribution in [2.75, 3.05) is 19.6 Å². The molecule has 1 atom stereocenters. The van der Waals surface area contributed by atoms with E-state index in [0.717, 1.165) is 43.2 Å². The summed E-state index contributed by atoms with van der Waals surface area (Å²) in [5, 5.41) is 7.59. The van der Waals surface area contributed by atoms with Crippen LogP contribution in [0.1, 0.15) is 18.2 Å². The molecule has 5 heteroatoms. The number of aryl methyl sites for hydroxylation is 1. The smallest absolute Gasteiger partial charge is 0.151 e. The Balaban J connectivity index is 0.00000161. The summed E-state index contributed by atoms with van der Waals surface area (Å²) in [6, 6.07) is 11.0. The Hall–Kier alpha value is -1.36. The first-order chi connectivity index (χ1) is 9.72. The number of rotatable bonds is 3. The van der Waals surface area contributed by atoms with Crippen molar-refractivity contribution in [3.63, 3.8) is 0 Å². The van der Waals surface area contributed by atoms with Crippen LogP contribution < -0.4 is 5.32 Å². The predicted molar refractivity (Wildman–Crippen MR) is 86.7 cm³/mol. The Morgan fingerprint density at radius 3 is 2.81 bits per heavy atom. The van der Waals surface area contributed by atoms with E-state index in [1.807, 2.05) is 0 Å². The molecule has 3 rings (SSSR count). The second-order valence-corrected chi connectivity index (χ2v) is 5.57. The van der Waals surface area contributed by atoms with Crippen LogP contribution in [0.3, 0.4) is 0 Å². The SMILES string of the molecule is Cc1ccc(-c2cc(CN3CCNCC3C)on2)cc1.Cl. The van der Waals surface area contributed by atoms with E-state index in [9.17, 15) is 0 Å². The third-order valence-electron chi connectivity index (χ3n) is 3.90. The van der Waals surface area contributed by atoms with E-state index in [1.165, 1.54) is 5.56 Å². The number of halogens is 1. The van der Waals surface area contributed by atoms with Crippen LogP contribution in [0.5, 0.6) is 0 Å². The summed E-state index contributed by atoms with van der Waals surface area (Å²) in [6.07, 6.45) is 0. The molecule has 1 aliphatic rings. The molecule has 0 amide bonds. The van der Waals surface area contributed by atoms with E-state index in [2.05, 4.69) is 59.6 Å². The lowest BCUT2D eigenvalue weighted by atomic mass is 10.1. The van der Waals surface area contributed by atoms with Gasteiger partial charge in [-0.3, -0.25) is 4.90 Å². The minimum absolute atomic E-state index is 0. The zero-order valence-corrected chi connectivity index (χ0v) is 13.3. The number of nitrogens with zero attached hydrogens (tertiary/aromatic N) is 2. The molecule has 1 unspecified atom stereocenters. The zero-order valence-electron chi connectivity index (χ0n) is 12.5. The van der Waals surface area contributed by atoms with Gasteiger partial charge >= 0.3 is 0 Å². The third kappa shape index (κ3) is 3.84. The first-order valence-corrected chi connectivity index (χ1v) is 7.20. The highest BCUT2D eigenvalue weighted by atomic mass is 35.5. The molecule has 2 heterocycles. The fourth-order valence-electron chi connectivity index (χ4n) is 2.57. The summed E-state index contributed by atoms with van der Waals surface area (Å²) >= 11 is 0. The second-order valence-electron chi connectivity index (χ2n) is 5.57. The average Bonchev–Trinajstić information content (AvgIpc) is 2.91. The number of nitrogens with one attached hydrogen (secondary N) is 1. The molecule has 114 valence electrons. The Morgan fingerprint density at radius 1 is 1.33 bits per heavy atom. The maximum atomic E-state index is 5.49. The summed E-state index contributed by atoms with van der Waals surface area (Å²) in [7, 11) is 0. The minimum atomic E-state index is 0. The molecule has 1 N–H and O–H groups in total. The van der Waals surface area contributed by atoms with Gasteiger partial charge in [0.25, 0.3) is 0 Å². The topological polar surface area (TPSA) is 41.3 Å². The summed E-state index contributed by atoms with van der Waals surface area (Å²) in [4.78, 5) is 2.43. The van der Waals surface area contributed by atoms with Gasteiger partial charge in [0, 0.05) is 37.3 Å². The van der Waals surface area contributed by atoms with Crippen molar-refractivity contribution < 1.29 is 4.52 Å². The monoisotopic (exact) mass is 307 g/mol. The molecule has 0 aliphatic carbocycles. The first-order valence-electron chi connectivity index (χ1n) is 7.20. The van der Waals surface area contributed by atoms with E-state index in [0.29, 0.717) is 6.04 Å². The van der Waals surface area contributed by atoms with Gasteiger partial charge in [0.2, 0.25) is 0 Å². The molecular weight excluding hydrogens is 286 g/mol. The van der Waals surface area contributed by atoms with Crippen LogP contribution >= 0.6 is 12.4 Å². The number of benzene rings is 1. The highest BCUT2D eigenvalue weighted by Gasteiger charge is 2.19. The Labute approximate surface area is 131 Å². The fraction of sp³-hybridized carbons (Fsp3) is 0.438. The van der Waals surface area contributed by atoms with Crippen molar-refractivity contribution in [1.82, 2.24) is 15.4 Å². The Bertz CT molecular complexity index is 567. The van der Waals surface area contributed by atoms with E-state index < -0.39 is 0 Å². The second kappa shape index (κ2) is 7.07. The molecule has 1 aliphatic heterocycles. The summed E-state index contributed by atoms with van der Waals surface area (Å²) < 4.78 is 5.49. The van der Waals surface area contributed by atoms with Crippen molar-refractivity contribution in [2.45, 2.75) is 26.4 Å². The normalized spacial score (nSPS) is 19.2. The molecule has 0 saturated carbocycles. The highest BCUT2D eigenvalue weighted by Crippen LogP contribution is 2.21. The van der Waals surface area contributed by atoms with Crippen molar-refractivity contribution >= 4 is 12.4 Å². The van der Waals surface area contributed by atoms with Crippen LogP contribution in [0.25, 0.3) is 11.3 Å². The minimum Gasteiger partial charge on any atom is -0.359 e. The van der Waals surface area contributed by atoms with E-state index in [1.54, 1.807) is 0 Å². The summed E-state index contributed by atoms with van der Waals surface area (Å²) in [5.41, 5.74) is 3.29. The maximum absolute atomic E-state index is 5.49. The molecule has 1 aromatic heterocycles. The molecule has 0 radical (unpaired) electrons. The van der Waals surface area contributed by atoms with E-state index in [4.69, 9.17) is 4.52 Å². The van der Waals surface area contributed by atoms with Gasteiger partial charge in [0.1, 0.15) is 5.69 Å².